The van der Waals surface area contributed by atoms with Crippen molar-refractivity contribution in [2.75, 3.05) is 0 Å². The molecule has 0 N–H and O–H groups in total. The second-order valence-corrected chi connectivity index (χ2v) is 3.98. The summed E-state index contributed by atoms with van der Waals surface area (Å²) in [5, 5.41) is 0. The van der Waals surface area contributed by atoms with Gasteiger partial charge in [-0.1, -0.05) is 15.9 Å². The number of aryl methyl sites for hydroxylation is 1. The molecule has 1 aromatic heterocycles. The molecule has 0 bridgehead atoms. The highest BCUT2D eigenvalue weighted by molar-refractivity contribution is 9.10. The largest absolute Gasteiger partial charge is 0.464 e. The van der Waals surface area contributed by atoms with Gasteiger partial charge in [-0.2, -0.15) is 0 Å². The lowest BCUT2D eigenvalue weighted by Gasteiger charge is -2.03. The molecule has 3 heteroatoms. The molecule has 0 spiro atoms. The molecule has 0 amide bonds. The molecule has 0 aliphatic rings. The second-order valence-electron chi connectivity index (χ2n) is 3.06. The standard InChI is InChI=1S/C11H8BrFO/c1-7-5-8(12)6-9(11(7)13)10-3-2-4-14-10/h2-6H,1H3. The molecule has 0 atom stereocenters. The van der Waals surface area contributed by atoms with Gasteiger partial charge in [-0.3, -0.25) is 0 Å². The number of halogens is 2. The molecule has 0 saturated carbocycles. The van der Waals surface area contributed by atoms with E-state index in [1.807, 2.05) is 0 Å². The summed E-state index contributed by atoms with van der Waals surface area (Å²) in [6, 6.07) is 6.93. The summed E-state index contributed by atoms with van der Waals surface area (Å²) in [4.78, 5) is 0. The Balaban J connectivity index is 2.64. The molecule has 0 radical (unpaired) electrons. The first-order chi connectivity index (χ1) is 6.68. The molecule has 0 aliphatic carbocycles. The van der Waals surface area contributed by atoms with E-state index in [1.54, 1.807) is 31.2 Å². The first-order valence-corrected chi connectivity index (χ1v) is 4.97. The molecule has 72 valence electrons. The summed E-state index contributed by atoms with van der Waals surface area (Å²) in [5.74, 6) is 0.315. The maximum atomic E-state index is 13.7. The Morgan fingerprint density at radius 3 is 2.79 bits per heavy atom. The van der Waals surface area contributed by atoms with Gasteiger partial charge in [0.2, 0.25) is 0 Å². The zero-order valence-electron chi connectivity index (χ0n) is 7.55. The van der Waals surface area contributed by atoms with Gasteiger partial charge in [0.15, 0.2) is 0 Å². The van der Waals surface area contributed by atoms with Crippen LogP contribution in [0.15, 0.2) is 39.4 Å². The van der Waals surface area contributed by atoms with Gasteiger partial charge in [-0.15, -0.1) is 0 Å². The van der Waals surface area contributed by atoms with Crippen LogP contribution in [0.2, 0.25) is 0 Å². The second kappa shape index (κ2) is 3.58. The van der Waals surface area contributed by atoms with Gasteiger partial charge in [-0.25, -0.2) is 4.39 Å². The molecule has 2 rings (SSSR count). The molecular weight excluding hydrogens is 247 g/mol. The van der Waals surface area contributed by atoms with E-state index >= 15 is 0 Å². The highest BCUT2D eigenvalue weighted by Gasteiger charge is 2.10. The molecule has 1 aromatic carbocycles. The van der Waals surface area contributed by atoms with E-state index < -0.39 is 0 Å². The van der Waals surface area contributed by atoms with Crippen LogP contribution in [-0.2, 0) is 0 Å². The Kier molecular flexibility index (Phi) is 2.42. The average Bonchev–Trinajstić information content (AvgIpc) is 2.63. The fourth-order valence-electron chi connectivity index (χ4n) is 1.34. The van der Waals surface area contributed by atoms with Crippen molar-refractivity contribution >= 4 is 15.9 Å². The van der Waals surface area contributed by atoms with Crippen molar-refractivity contribution in [1.29, 1.82) is 0 Å². The minimum atomic E-state index is -0.233. The maximum Gasteiger partial charge on any atom is 0.137 e. The van der Waals surface area contributed by atoms with E-state index in [1.165, 1.54) is 6.26 Å². The van der Waals surface area contributed by atoms with Crippen LogP contribution in [0, 0.1) is 12.7 Å². The molecule has 1 nitrogen and oxygen atoms in total. The molecule has 2 aromatic rings. The Morgan fingerprint density at radius 1 is 1.36 bits per heavy atom. The quantitative estimate of drug-likeness (QED) is 0.745. The summed E-state index contributed by atoms with van der Waals surface area (Å²) < 4.78 is 19.7. The van der Waals surface area contributed by atoms with Crippen LogP contribution in [0.1, 0.15) is 5.56 Å². The number of rotatable bonds is 1. The zero-order valence-corrected chi connectivity index (χ0v) is 9.14. The molecular formula is C11H8BrFO. The van der Waals surface area contributed by atoms with Crippen molar-refractivity contribution in [3.63, 3.8) is 0 Å². The molecule has 0 aliphatic heterocycles. The van der Waals surface area contributed by atoms with E-state index in [-0.39, 0.29) is 5.82 Å². The lowest BCUT2D eigenvalue weighted by molar-refractivity contribution is 0.567. The lowest BCUT2D eigenvalue weighted by Crippen LogP contribution is -1.87. The predicted octanol–water partition coefficient (Wildman–Crippen LogP) is 4.16. The van der Waals surface area contributed by atoms with E-state index in [2.05, 4.69) is 15.9 Å². The molecule has 0 unspecified atom stereocenters. The van der Waals surface area contributed by atoms with E-state index in [4.69, 9.17) is 4.42 Å². The van der Waals surface area contributed by atoms with Gasteiger partial charge >= 0.3 is 0 Å². The van der Waals surface area contributed by atoms with Crippen LogP contribution >= 0.6 is 15.9 Å². The zero-order chi connectivity index (χ0) is 10.1. The smallest absolute Gasteiger partial charge is 0.137 e. The van der Waals surface area contributed by atoms with E-state index in [0.29, 0.717) is 16.9 Å². The van der Waals surface area contributed by atoms with Crippen molar-refractivity contribution in [2.24, 2.45) is 0 Å². The Bertz CT molecular complexity index is 449. The van der Waals surface area contributed by atoms with Crippen LogP contribution in [0.25, 0.3) is 11.3 Å². The van der Waals surface area contributed by atoms with Crippen LogP contribution < -0.4 is 0 Å². The van der Waals surface area contributed by atoms with Gasteiger partial charge in [0, 0.05) is 4.47 Å². The van der Waals surface area contributed by atoms with E-state index in [9.17, 15) is 4.39 Å². The summed E-state index contributed by atoms with van der Waals surface area (Å²) in [5.41, 5.74) is 1.09. The van der Waals surface area contributed by atoms with Gasteiger partial charge in [-0.05, 0) is 36.8 Å². The topological polar surface area (TPSA) is 13.1 Å². The molecule has 0 saturated heterocycles. The summed E-state index contributed by atoms with van der Waals surface area (Å²) >= 11 is 3.32. The van der Waals surface area contributed by atoms with Crippen molar-refractivity contribution in [2.45, 2.75) is 6.92 Å². The van der Waals surface area contributed by atoms with Crippen LogP contribution in [0.4, 0.5) is 4.39 Å². The Labute approximate surface area is 89.7 Å². The number of furan rings is 1. The SMILES string of the molecule is Cc1cc(Br)cc(-c2ccco2)c1F. The molecule has 1 heterocycles. The van der Waals surface area contributed by atoms with Crippen molar-refractivity contribution in [1.82, 2.24) is 0 Å². The Hall–Kier alpha value is -1.09. The number of hydrogen-bond acceptors (Lipinski definition) is 1. The average molecular weight is 255 g/mol. The van der Waals surface area contributed by atoms with E-state index in [0.717, 1.165) is 4.47 Å². The summed E-state index contributed by atoms with van der Waals surface area (Å²) in [7, 11) is 0. The fourth-order valence-corrected chi connectivity index (χ4v) is 1.91. The van der Waals surface area contributed by atoms with Crippen LogP contribution in [0.5, 0.6) is 0 Å². The third kappa shape index (κ3) is 1.60. The summed E-state index contributed by atoms with van der Waals surface area (Å²) in [6.45, 7) is 1.73. The van der Waals surface area contributed by atoms with Crippen molar-refractivity contribution in [3.8, 4) is 11.3 Å². The van der Waals surface area contributed by atoms with Crippen molar-refractivity contribution < 1.29 is 8.81 Å². The number of benzene rings is 1. The molecule has 14 heavy (non-hydrogen) atoms. The minimum absolute atomic E-state index is 0.233. The monoisotopic (exact) mass is 254 g/mol. The fraction of sp³-hybridized carbons (Fsp3) is 0.0909. The maximum absolute atomic E-state index is 13.7. The minimum Gasteiger partial charge on any atom is -0.464 e. The lowest BCUT2D eigenvalue weighted by atomic mass is 10.1. The van der Waals surface area contributed by atoms with Gasteiger partial charge in [0.1, 0.15) is 11.6 Å². The van der Waals surface area contributed by atoms with Gasteiger partial charge < -0.3 is 4.42 Å². The van der Waals surface area contributed by atoms with Gasteiger partial charge in [0.25, 0.3) is 0 Å². The normalized spacial score (nSPS) is 10.5. The highest BCUT2D eigenvalue weighted by Crippen LogP contribution is 2.28. The highest BCUT2D eigenvalue weighted by atomic mass is 79.9. The first kappa shape index (κ1) is 9.46. The van der Waals surface area contributed by atoms with Gasteiger partial charge in [0.05, 0.1) is 11.8 Å². The molecule has 0 fully saturated rings. The number of hydrogen-bond donors (Lipinski definition) is 0. The third-order valence-corrected chi connectivity index (χ3v) is 2.46. The predicted molar refractivity (Wildman–Crippen MR) is 56.5 cm³/mol. The van der Waals surface area contributed by atoms with Crippen molar-refractivity contribution in [3.05, 3.63) is 46.4 Å². The first-order valence-electron chi connectivity index (χ1n) is 4.18. The summed E-state index contributed by atoms with van der Waals surface area (Å²) in [6.07, 6.45) is 1.53. The Morgan fingerprint density at radius 2 is 2.14 bits per heavy atom. The third-order valence-electron chi connectivity index (χ3n) is 2.01. The van der Waals surface area contributed by atoms with Crippen LogP contribution in [0.3, 0.4) is 0 Å². The van der Waals surface area contributed by atoms with Crippen LogP contribution in [-0.4, -0.2) is 0 Å².